The van der Waals surface area contributed by atoms with Crippen molar-refractivity contribution in [2.45, 2.75) is 24.9 Å². The van der Waals surface area contributed by atoms with Crippen molar-refractivity contribution in [3.63, 3.8) is 0 Å². The minimum absolute atomic E-state index is 0.107. The largest absolute Gasteiger partial charge is 0.389 e. The van der Waals surface area contributed by atoms with Crippen LogP contribution in [-0.4, -0.2) is 32.7 Å². The Morgan fingerprint density at radius 1 is 1.50 bits per heavy atom. The van der Waals surface area contributed by atoms with Crippen molar-refractivity contribution in [2.24, 2.45) is 0 Å². The van der Waals surface area contributed by atoms with Crippen molar-refractivity contribution in [3.05, 3.63) is 0 Å². The van der Waals surface area contributed by atoms with E-state index < -0.39 is 15.8 Å². The zero-order chi connectivity index (χ0) is 9.24. The van der Waals surface area contributed by atoms with Crippen molar-refractivity contribution in [1.29, 1.82) is 0 Å². The molecule has 0 aromatic carbocycles. The quantitative estimate of drug-likeness (QED) is 0.534. The molecule has 1 aliphatic rings. The molecule has 6 heteroatoms. The van der Waals surface area contributed by atoms with Crippen LogP contribution < -0.4 is 9.44 Å². The van der Waals surface area contributed by atoms with Gasteiger partial charge in [0.05, 0.1) is 5.60 Å². The molecule has 0 amide bonds. The fraction of sp³-hybridized carbons (Fsp3) is 1.00. The van der Waals surface area contributed by atoms with Crippen molar-refractivity contribution >= 4 is 10.2 Å². The lowest BCUT2D eigenvalue weighted by molar-refractivity contribution is -0.0271. The maximum absolute atomic E-state index is 10.9. The van der Waals surface area contributed by atoms with Gasteiger partial charge in [-0.2, -0.15) is 13.1 Å². The molecule has 0 unspecified atom stereocenters. The second-order valence-corrected chi connectivity index (χ2v) is 4.81. The number of rotatable bonds is 4. The van der Waals surface area contributed by atoms with Gasteiger partial charge in [0, 0.05) is 13.6 Å². The molecule has 0 saturated heterocycles. The Labute approximate surface area is 72.3 Å². The van der Waals surface area contributed by atoms with Crippen molar-refractivity contribution in [1.82, 2.24) is 9.44 Å². The van der Waals surface area contributed by atoms with E-state index >= 15 is 0 Å². The average Bonchev–Trinajstić information content (AvgIpc) is 1.98. The first-order valence-electron chi connectivity index (χ1n) is 3.88. The summed E-state index contributed by atoms with van der Waals surface area (Å²) in [5.74, 6) is 0. The lowest BCUT2D eigenvalue weighted by Crippen LogP contribution is -2.49. The topological polar surface area (TPSA) is 78.4 Å². The van der Waals surface area contributed by atoms with Gasteiger partial charge in [0.15, 0.2) is 0 Å². The van der Waals surface area contributed by atoms with E-state index in [0.29, 0.717) is 12.8 Å². The SMILES string of the molecule is CNS(=O)(=O)NCC1(O)CCC1. The first-order valence-corrected chi connectivity index (χ1v) is 5.36. The Morgan fingerprint density at radius 3 is 2.42 bits per heavy atom. The van der Waals surface area contributed by atoms with E-state index in [-0.39, 0.29) is 6.54 Å². The van der Waals surface area contributed by atoms with E-state index in [1.807, 2.05) is 0 Å². The summed E-state index contributed by atoms with van der Waals surface area (Å²) in [7, 11) is -2.06. The van der Waals surface area contributed by atoms with Crippen LogP contribution >= 0.6 is 0 Å². The third kappa shape index (κ3) is 2.41. The molecule has 1 rings (SSSR count). The third-order valence-electron chi connectivity index (χ3n) is 2.14. The molecule has 12 heavy (non-hydrogen) atoms. The Balaban J connectivity index is 2.35. The molecule has 0 spiro atoms. The van der Waals surface area contributed by atoms with Crippen LogP contribution in [0.3, 0.4) is 0 Å². The summed E-state index contributed by atoms with van der Waals surface area (Å²) in [5, 5.41) is 9.51. The lowest BCUT2D eigenvalue weighted by atomic mass is 9.81. The second kappa shape index (κ2) is 3.29. The van der Waals surface area contributed by atoms with Gasteiger partial charge >= 0.3 is 0 Å². The zero-order valence-corrected chi connectivity index (χ0v) is 7.82. The van der Waals surface area contributed by atoms with Crippen molar-refractivity contribution in [2.75, 3.05) is 13.6 Å². The Morgan fingerprint density at radius 2 is 2.08 bits per heavy atom. The minimum Gasteiger partial charge on any atom is -0.389 e. The summed E-state index contributed by atoms with van der Waals surface area (Å²) in [6.07, 6.45) is 2.33. The average molecular weight is 194 g/mol. The van der Waals surface area contributed by atoms with Gasteiger partial charge in [0.25, 0.3) is 10.2 Å². The smallest absolute Gasteiger partial charge is 0.276 e. The fourth-order valence-electron chi connectivity index (χ4n) is 1.06. The fourth-order valence-corrected chi connectivity index (χ4v) is 1.67. The van der Waals surface area contributed by atoms with Gasteiger partial charge in [0.2, 0.25) is 0 Å². The summed E-state index contributed by atoms with van der Waals surface area (Å²) < 4.78 is 26.1. The maximum atomic E-state index is 10.9. The minimum atomic E-state index is -3.39. The van der Waals surface area contributed by atoms with E-state index in [9.17, 15) is 13.5 Å². The van der Waals surface area contributed by atoms with Gasteiger partial charge in [-0.15, -0.1) is 0 Å². The van der Waals surface area contributed by atoms with E-state index in [1.54, 1.807) is 0 Å². The zero-order valence-electron chi connectivity index (χ0n) is 7.00. The van der Waals surface area contributed by atoms with Crippen LogP contribution in [0.4, 0.5) is 0 Å². The highest BCUT2D eigenvalue weighted by Crippen LogP contribution is 2.30. The molecule has 1 fully saturated rings. The molecule has 1 aliphatic carbocycles. The highest BCUT2D eigenvalue weighted by atomic mass is 32.2. The molecule has 1 saturated carbocycles. The summed E-state index contributed by atoms with van der Waals surface area (Å²) >= 11 is 0. The van der Waals surface area contributed by atoms with E-state index in [1.165, 1.54) is 7.05 Å². The van der Waals surface area contributed by atoms with Crippen LogP contribution in [0.2, 0.25) is 0 Å². The molecule has 0 heterocycles. The molecule has 0 atom stereocenters. The first kappa shape index (κ1) is 9.91. The predicted octanol–water partition coefficient (Wildman–Crippen LogP) is -1.04. The molecule has 72 valence electrons. The van der Waals surface area contributed by atoms with E-state index in [4.69, 9.17) is 0 Å². The molecular formula is C6H14N2O3S. The van der Waals surface area contributed by atoms with E-state index in [2.05, 4.69) is 9.44 Å². The predicted molar refractivity (Wildman–Crippen MR) is 44.8 cm³/mol. The van der Waals surface area contributed by atoms with Crippen LogP contribution in [0.15, 0.2) is 0 Å². The molecule has 0 radical (unpaired) electrons. The summed E-state index contributed by atoms with van der Waals surface area (Å²) in [5.41, 5.74) is -0.802. The summed E-state index contributed by atoms with van der Waals surface area (Å²) in [6, 6.07) is 0. The van der Waals surface area contributed by atoms with Crippen LogP contribution in [0.25, 0.3) is 0 Å². The molecule has 0 aromatic rings. The van der Waals surface area contributed by atoms with Crippen LogP contribution in [-0.2, 0) is 10.2 Å². The van der Waals surface area contributed by atoms with Gasteiger partial charge in [-0.1, -0.05) is 0 Å². The van der Waals surface area contributed by atoms with Crippen LogP contribution in [0.5, 0.6) is 0 Å². The number of hydrogen-bond donors (Lipinski definition) is 3. The molecule has 3 N–H and O–H groups in total. The molecule has 5 nitrogen and oxygen atoms in total. The second-order valence-electron chi connectivity index (χ2n) is 3.11. The first-order chi connectivity index (χ1) is 5.47. The van der Waals surface area contributed by atoms with Gasteiger partial charge in [-0.3, -0.25) is 0 Å². The Hall–Kier alpha value is -0.170. The summed E-state index contributed by atoms with van der Waals surface area (Å²) in [4.78, 5) is 0. The molecule has 0 bridgehead atoms. The van der Waals surface area contributed by atoms with E-state index in [0.717, 1.165) is 6.42 Å². The third-order valence-corrected chi connectivity index (χ3v) is 3.21. The lowest BCUT2D eigenvalue weighted by Gasteiger charge is -2.36. The molecular weight excluding hydrogens is 180 g/mol. The maximum Gasteiger partial charge on any atom is 0.276 e. The van der Waals surface area contributed by atoms with Gasteiger partial charge in [-0.25, -0.2) is 4.72 Å². The normalized spacial score (nSPS) is 21.8. The van der Waals surface area contributed by atoms with Gasteiger partial charge in [-0.05, 0) is 19.3 Å². The van der Waals surface area contributed by atoms with Crippen molar-refractivity contribution < 1.29 is 13.5 Å². The summed E-state index contributed by atoms with van der Waals surface area (Å²) in [6.45, 7) is 0.107. The molecule has 0 aliphatic heterocycles. The van der Waals surface area contributed by atoms with Crippen LogP contribution in [0, 0.1) is 0 Å². The van der Waals surface area contributed by atoms with Gasteiger partial charge in [0.1, 0.15) is 0 Å². The van der Waals surface area contributed by atoms with Crippen LogP contribution in [0.1, 0.15) is 19.3 Å². The standard InChI is InChI=1S/C6H14N2O3S/c1-7-12(10,11)8-5-6(9)3-2-4-6/h7-9H,2-5H2,1H3. The Bertz CT molecular complexity index is 246. The highest BCUT2D eigenvalue weighted by Gasteiger charge is 2.34. The number of hydrogen-bond acceptors (Lipinski definition) is 3. The monoisotopic (exact) mass is 194 g/mol. The highest BCUT2D eigenvalue weighted by molar-refractivity contribution is 7.87. The van der Waals surface area contributed by atoms with Gasteiger partial charge < -0.3 is 5.11 Å². The van der Waals surface area contributed by atoms with Crippen molar-refractivity contribution in [3.8, 4) is 0 Å². The Kier molecular flexibility index (Phi) is 2.72. The molecule has 0 aromatic heterocycles. The number of nitrogens with one attached hydrogen (secondary N) is 2. The number of aliphatic hydroxyl groups is 1.